The van der Waals surface area contributed by atoms with Crippen LogP contribution in [0.25, 0.3) is 11.0 Å². The molecule has 0 saturated carbocycles. The van der Waals surface area contributed by atoms with E-state index in [2.05, 4.69) is 15.3 Å². The van der Waals surface area contributed by atoms with Crippen LogP contribution in [-0.2, 0) is 23.1 Å². The molecule has 11 nitrogen and oxygen atoms in total. The van der Waals surface area contributed by atoms with Crippen LogP contribution < -0.4 is 9.47 Å². The van der Waals surface area contributed by atoms with Gasteiger partial charge in [-0.3, -0.25) is 13.9 Å². The van der Waals surface area contributed by atoms with Gasteiger partial charge in [0.05, 0.1) is 26.7 Å². The van der Waals surface area contributed by atoms with Gasteiger partial charge in [-0.25, -0.2) is 9.67 Å². The molecule has 4 aromatic rings. The predicted molar refractivity (Wildman–Crippen MR) is 151 cm³/mol. The number of hydrogen-bond donors (Lipinski definition) is 2. The summed E-state index contributed by atoms with van der Waals surface area (Å²) in [7, 11) is 0.0491. The second-order valence-corrected chi connectivity index (χ2v) is 11.6. The number of methoxy groups -OCH3 is 1. The molecule has 0 bridgehead atoms. The van der Waals surface area contributed by atoms with Crippen molar-refractivity contribution in [3.05, 3.63) is 70.9 Å². The van der Waals surface area contributed by atoms with Crippen molar-refractivity contribution in [2.45, 2.75) is 37.6 Å². The van der Waals surface area contributed by atoms with Crippen LogP contribution in [0.15, 0.2) is 53.6 Å². The van der Waals surface area contributed by atoms with Gasteiger partial charge >= 0.3 is 5.97 Å². The first kappa shape index (κ1) is 27.8. The van der Waals surface area contributed by atoms with E-state index in [4.69, 9.17) is 14.2 Å². The Morgan fingerprint density at radius 3 is 2.80 bits per heavy atom. The Hall–Kier alpha value is -3.71. The number of rotatable bonds is 8. The smallest absolute Gasteiger partial charge is 0.306 e. The number of benzene rings is 2. The third-order valence-electron chi connectivity index (χ3n) is 7.08. The van der Waals surface area contributed by atoms with E-state index in [0.29, 0.717) is 17.8 Å². The molecule has 2 aromatic heterocycles. The van der Waals surface area contributed by atoms with Gasteiger partial charge in [-0.1, -0.05) is 23.4 Å². The predicted octanol–water partition coefficient (Wildman–Crippen LogP) is 4.68. The highest BCUT2D eigenvalue weighted by molar-refractivity contribution is 8.22. The average Bonchev–Trinajstić information content (AvgIpc) is 3.26. The number of esters is 1. The standard InChI is InChI=1S/C28H33N5O6S/c1-5-38-26(34)16-22(20-14-23-27(24(15-20)37-4)32(3)31-30-23)19-9-8-18(2)21(13-19)17-33-11-12-39-28-25(40(33,35)36)7-6-10-29-28/h6-10,13-15,22,35-36H,5,11-12,16-17H2,1-4H3. The number of carbonyl (C=O) groups excluding carboxylic acids is 1. The van der Waals surface area contributed by atoms with E-state index >= 15 is 0 Å². The molecule has 1 atom stereocenters. The summed E-state index contributed by atoms with van der Waals surface area (Å²) in [5, 5.41) is 8.40. The van der Waals surface area contributed by atoms with Gasteiger partial charge in [0, 0.05) is 25.7 Å². The van der Waals surface area contributed by atoms with E-state index in [0.717, 1.165) is 27.8 Å². The molecule has 1 aliphatic heterocycles. The van der Waals surface area contributed by atoms with Gasteiger partial charge in [0.2, 0.25) is 5.88 Å². The average molecular weight is 568 g/mol. The fourth-order valence-electron chi connectivity index (χ4n) is 4.99. The number of carbonyl (C=O) groups is 1. The number of nitrogens with zero attached hydrogens (tertiary/aromatic N) is 5. The molecule has 2 aromatic carbocycles. The Balaban J connectivity index is 1.54. The summed E-state index contributed by atoms with van der Waals surface area (Å²) < 4.78 is 42.5. The van der Waals surface area contributed by atoms with Crippen molar-refractivity contribution in [2.24, 2.45) is 7.05 Å². The zero-order valence-electron chi connectivity index (χ0n) is 22.9. The molecule has 5 rings (SSSR count). The lowest BCUT2D eigenvalue weighted by atomic mass is 9.86. The van der Waals surface area contributed by atoms with Crippen molar-refractivity contribution >= 4 is 27.8 Å². The van der Waals surface area contributed by atoms with Crippen molar-refractivity contribution in [3.63, 3.8) is 0 Å². The van der Waals surface area contributed by atoms with E-state index in [1.54, 1.807) is 48.4 Å². The fraction of sp³-hybridized carbons (Fsp3) is 0.357. The van der Waals surface area contributed by atoms with Gasteiger partial charge in [-0.05, 0) is 60.4 Å². The maximum atomic E-state index is 12.8. The fourth-order valence-corrected chi connectivity index (χ4v) is 6.52. The van der Waals surface area contributed by atoms with Crippen LogP contribution in [0.1, 0.15) is 41.5 Å². The van der Waals surface area contributed by atoms with Crippen LogP contribution in [0, 0.1) is 6.92 Å². The lowest BCUT2D eigenvalue weighted by Gasteiger charge is -2.41. The SMILES string of the molecule is CCOC(=O)CC(c1ccc(C)c(CN2CCOc3ncccc3S2(O)O)c1)c1cc(OC)c2c(c1)nnn2C. The number of hydrogen-bond acceptors (Lipinski definition) is 10. The Morgan fingerprint density at radius 2 is 2.02 bits per heavy atom. The Morgan fingerprint density at radius 1 is 1.20 bits per heavy atom. The van der Waals surface area contributed by atoms with Crippen molar-refractivity contribution in [2.75, 3.05) is 26.9 Å². The van der Waals surface area contributed by atoms with E-state index in [1.165, 1.54) is 0 Å². The van der Waals surface area contributed by atoms with Gasteiger partial charge in [0.25, 0.3) is 0 Å². The normalized spacial score (nSPS) is 16.4. The number of aromatic nitrogens is 4. The van der Waals surface area contributed by atoms with Crippen LogP contribution in [0.2, 0.25) is 0 Å². The molecule has 40 heavy (non-hydrogen) atoms. The van der Waals surface area contributed by atoms with Gasteiger partial charge in [-0.2, -0.15) is 4.31 Å². The summed E-state index contributed by atoms with van der Waals surface area (Å²) in [6.45, 7) is 4.87. The van der Waals surface area contributed by atoms with Crippen molar-refractivity contribution in [1.82, 2.24) is 24.3 Å². The third-order valence-corrected chi connectivity index (χ3v) is 9.01. The number of ether oxygens (including phenoxy) is 3. The maximum Gasteiger partial charge on any atom is 0.306 e. The molecule has 2 N–H and O–H groups in total. The Labute approximate surface area is 234 Å². The van der Waals surface area contributed by atoms with Gasteiger partial charge in [0.1, 0.15) is 28.3 Å². The second kappa shape index (κ2) is 11.4. The molecule has 0 amide bonds. The summed E-state index contributed by atoms with van der Waals surface area (Å²) in [5.41, 5.74) is 5.00. The van der Waals surface area contributed by atoms with Crippen LogP contribution >= 0.6 is 10.8 Å². The molecule has 0 aliphatic carbocycles. The molecule has 12 heteroatoms. The summed E-state index contributed by atoms with van der Waals surface area (Å²) in [6, 6.07) is 13.1. The molecule has 0 spiro atoms. The molecule has 1 unspecified atom stereocenters. The first-order valence-electron chi connectivity index (χ1n) is 13.0. The van der Waals surface area contributed by atoms with E-state index in [9.17, 15) is 13.9 Å². The summed E-state index contributed by atoms with van der Waals surface area (Å²) in [4.78, 5) is 17.2. The highest BCUT2D eigenvalue weighted by atomic mass is 32.3. The van der Waals surface area contributed by atoms with Crippen molar-refractivity contribution in [3.8, 4) is 11.6 Å². The Kier molecular flexibility index (Phi) is 7.95. The topological polar surface area (TPSA) is 132 Å². The summed E-state index contributed by atoms with van der Waals surface area (Å²) in [5.74, 6) is 0.151. The minimum Gasteiger partial charge on any atom is -0.494 e. The summed E-state index contributed by atoms with van der Waals surface area (Å²) >= 11 is 0. The lowest BCUT2D eigenvalue weighted by Crippen LogP contribution is -2.29. The molecular formula is C28H33N5O6S. The number of fused-ring (bicyclic) bond motifs is 2. The third kappa shape index (κ3) is 5.35. The van der Waals surface area contributed by atoms with E-state index in [-0.39, 0.29) is 48.8 Å². The van der Waals surface area contributed by atoms with Crippen LogP contribution in [0.5, 0.6) is 11.6 Å². The van der Waals surface area contributed by atoms with Gasteiger partial charge < -0.3 is 14.2 Å². The monoisotopic (exact) mass is 567 g/mol. The zero-order valence-corrected chi connectivity index (χ0v) is 23.7. The van der Waals surface area contributed by atoms with Gasteiger partial charge in [0.15, 0.2) is 0 Å². The van der Waals surface area contributed by atoms with Crippen LogP contribution in [0.4, 0.5) is 0 Å². The lowest BCUT2D eigenvalue weighted by molar-refractivity contribution is -0.143. The summed E-state index contributed by atoms with van der Waals surface area (Å²) in [6.07, 6.45) is 1.67. The van der Waals surface area contributed by atoms with Crippen molar-refractivity contribution in [1.29, 1.82) is 0 Å². The maximum absolute atomic E-state index is 12.8. The highest BCUT2D eigenvalue weighted by Gasteiger charge is 2.32. The van der Waals surface area contributed by atoms with Crippen LogP contribution in [0.3, 0.4) is 0 Å². The van der Waals surface area contributed by atoms with E-state index in [1.807, 2.05) is 37.3 Å². The number of pyridine rings is 1. The molecule has 1 aliphatic rings. The van der Waals surface area contributed by atoms with Crippen molar-refractivity contribution < 1.29 is 28.1 Å². The first-order chi connectivity index (χ1) is 19.2. The first-order valence-corrected chi connectivity index (χ1v) is 14.5. The van der Waals surface area contributed by atoms with Gasteiger partial charge in [-0.15, -0.1) is 15.9 Å². The quantitative estimate of drug-likeness (QED) is 0.289. The molecule has 0 fully saturated rings. The molecule has 3 heterocycles. The number of aryl methyl sites for hydroxylation is 2. The second-order valence-electron chi connectivity index (χ2n) is 9.59. The molecular weight excluding hydrogens is 534 g/mol. The molecule has 212 valence electrons. The minimum atomic E-state index is -3.34. The Bertz CT molecular complexity index is 1540. The van der Waals surface area contributed by atoms with Crippen LogP contribution in [-0.4, -0.2) is 66.2 Å². The highest BCUT2D eigenvalue weighted by Crippen LogP contribution is 2.56. The molecule has 0 radical (unpaired) electrons. The zero-order chi connectivity index (χ0) is 28.4. The minimum absolute atomic E-state index is 0.108. The molecule has 0 saturated heterocycles. The largest absolute Gasteiger partial charge is 0.494 e. The van der Waals surface area contributed by atoms with E-state index < -0.39 is 10.8 Å².